The summed E-state index contributed by atoms with van der Waals surface area (Å²) in [6.45, 7) is 0. The van der Waals surface area contributed by atoms with E-state index in [1.54, 1.807) is 30.3 Å². The van der Waals surface area contributed by atoms with Crippen LogP contribution in [0.3, 0.4) is 0 Å². The van der Waals surface area contributed by atoms with Crippen LogP contribution in [0.2, 0.25) is 0 Å². The van der Waals surface area contributed by atoms with Crippen molar-refractivity contribution < 1.29 is 9.59 Å². The van der Waals surface area contributed by atoms with Gasteiger partial charge in [0.15, 0.2) is 0 Å². The van der Waals surface area contributed by atoms with Crippen LogP contribution in [0.1, 0.15) is 21.3 Å². The third-order valence-corrected chi connectivity index (χ3v) is 4.04. The van der Waals surface area contributed by atoms with Crippen molar-refractivity contribution >= 4 is 29.0 Å². The number of thiophene rings is 1. The number of hydrogen-bond acceptors (Lipinski definition) is 4. The van der Waals surface area contributed by atoms with Crippen LogP contribution in [0.25, 0.3) is 0 Å². The van der Waals surface area contributed by atoms with Gasteiger partial charge in [-0.25, -0.2) is 0 Å². The number of nitrogens with one attached hydrogen (secondary N) is 3. The number of H-pyrrole nitrogens is 1. The molecule has 1 unspecified atom stereocenters. The third-order valence-electron chi connectivity index (χ3n) is 3.17. The van der Waals surface area contributed by atoms with E-state index in [4.69, 9.17) is 0 Å². The van der Waals surface area contributed by atoms with E-state index < -0.39 is 6.04 Å². The summed E-state index contributed by atoms with van der Waals surface area (Å²) in [6.07, 6.45) is 1.54. The maximum Gasteiger partial charge on any atom is 0.262 e. The van der Waals surface area contributed by atoms with E-state index in [-0.39, 0.29) is 11.8 Å². The van der Waals surface area contributed by atoms with Gasteiger partial charge in [0.05, 0.1) is 11.1 Å². The predicted octanol–water partition coefficient (Wildman–Crippen LogP) is 2.58. The van der Waals surface area contributed by atoms with E-state index in [0.717, 1.165) is 0 Å². The molecule has 0 aliphatic rings. The molecule has 23 heavy (non-hydrogen) atoms. The van der Waals surface area contributed by atoms with Crippen LogP contribution in [-0.2, 0) is 4.79 Å². The molecule has 2 amide bonds. The van der Waals surface area contributed by atoms with Crippen LogP contribution < -0.4 is 10.6 Å². The zero-order valence-electron chi connectivity index (χ0n) is 12.0. The largest absolute Gasteiger partial charge is 0.336 e. The van der Waals surface area contributed by atoms with Gasteiger partial charge in [-0.15, -0.1) is 11.3 Å². The molecule has 0 saturated carbocycles. The number of carbonyl (C=O) groups is 2. The van der Waals surface area contributed by atoms with Crippen molar-refractivity contribution in [1.82, 2.24) is 15.5 Å². The Hall–Kier alpha value is -2.93. The highest BCUT2D eigenvalue weighted by atomic mass is 32.1. The van der Waals surface area contributed by atoms with Gasteiger partial charge in [-0.05, 0) is 17.0 Å². The van der Waals surface area contributed by atoms with Crippen LogP contribution in [0.5, 0.6) is 0 Å². The van der Waals surface area contributed by atoms with Gasteiger partial charge in [-0.1, -0.05) is 36.4 Å². The molecule has 2 aromatic heterocycles. The quantitative estimate of drug-likeness (QED) is 0.673. The zero-order chi connectivity index (χ0) is 16.1. The number of anilines is 1. The van der Waals surface area contributed by atoms with Gasteiger partial charge >= 0.3 is 0 Å². The molecule has 116 valence electrons. The van der Waals surface area contributed by atoms with Crippen molar-refractivity contribution in [2.24, 2.45) is 0 Å². The first-order valence-corrected chi connectivity index (χ1v) is 7.81. The number of aromatic nitrogens is 2. The molecule has 0 aliphatic heterocycles. The lowest BCUT2D eigenvalue weighted by Crippen LogP contribution is -2.36. The Bertz CT molecular complexity index is 770. The van der Waals surface area contributed by atoms with Crippen LogP contribution in [0.15, 0.2) is 60.1 Å². The maximum absolute atomic E-state index is 12.5. The van der Waals surface area contributed by atoms with Crippen LogP contribution in [0.4, 0.5) is 5.82 Å². The molecule has 2 heterocycles. The van der Waals surface area contributed by atoms with Crippen molar-refractivity contribution in [3.05, 3.63) is 70.5 Å². The predicted molar refractivity (Wildman–Crippen MR) is 88.2 cm³/mol. The van der Waals surface area contributed by atoms with Gasteiger partial charge in [0, 0.05) is 6.07 Å². The van der Waals surface area contributed by atoms with Crippen molar-refractivity contribution in [2.45, 2.75) is 6.04 Å². The second-order valence-electron chi connectivity index (χ2n) is 4.75. The minimum Gasteiger partial charge on any atom is -0.336 e. The van der Waals surface area contributed by atoms with E-state index in [1.165, 1.54) is 17.5 Å². The number of hydrogen-bond donors (Lipinski definition) is 3. The Labute approximate surface area is 136 Å². The molecule has 7 heteroatoms. The summed E-state index contributed by atoms with van der Waals surface area (Å²) in [7, 11) is 0. The zero-order valence-corrected chi connectivity index (χ0v) is 12.8. The summed E-state index contributed by atoms with van der Waals surface area (Å²) in [4.78, 5) is 25.4. The Balaban J connectivity index is 1.82. The number of benzene rings is 1. The van der Waals surface area contributed by atoms with Crippen LogP contribution in [0, 0.1) is 0 Å². The molecule has 0 aliphatic carbocycles. The van der Waals surface area contributed by atoms with Gasteiger partial charge in [-0.2, -0.15) is 5.10 Å². The SMILES string of the molecule is O=C(NC(C(=O)Nc1ccn[nH]1)c1ccccc1)c1cccs1. The molecule has 0 spiro atoms. The normalized spacial score (nSPS) is 11.7. The first-order chi connectivity index (χ1) is 11.2. The van der Waals surface area contributed by atoms with Gasteiger partial charge in [0.25, 0.3) is 11.8 Å². The van der Waals surface area contributed by atoms with Crippen molar-refractivity contribution in [2.75, 3.05) is 5.32 Å². The van der Waals surface area contributed by atoms with Crippen LogP contribution in [-0.4, -0.2) is 22.0 Å². The molecule has 3 aromatic rings. The highest BCUT2D eigenvalue weighted by molar-refractivity contribution is 7.12. The van der Waals surface area contributed by atoms with E-state index in [2.05, 4.69) is 20.8 Å². The second kappa shape index (κ2) is 6.89. The van der Waals surface area contributed by atoms with Gasteiger partial charge in [0.1, 0.15) is 11.9 Å². The van der Waals surface area contributed by atoms with E-state index in [0.29, 0.717) is 16.3 Å². The molecule has 3 rings (SSSR count). The lowest BCUT2D eigenvalue weighted by atomic mass is 10.1. The van der Waals surface area contributed by atoms with Gasteiger partial charge < -0.3 is 10.6 Å². The van der Waals surface area contributed by atoms with Crippen molar-refractivity contribution in [1.29, 1.82) is 0 Å². The van der Waals surface area contributed by atoms with E-state index in [1.807, 2.05) is 23.6 Å². The van der Waals surface area contributed by atoms with E-state index in [9.17, 15) is 9.59 Å². The molecule has 1 atom stereocenters. The first kappa shape index (κ1) is 15.0. The average molecular weight is 326 g/mol. The fourth-order valence-electron chi connectivity index (χ4n) is 2.09. The molecular weight excluding hydrogens is 312 g/mol. The lowest BCUT2D eigenvalue weighted by molar-refractivity contribution is -0.118. The fraction of sp³-hybridized carbons (Fsp3) is 0.0625. The molecule has 1 aromatic carbocycles. The Morgan fingerprint density at radius 2 is 1.91 bits per heavy atom. The molecule has 0 bridgehead atoms. The molecule has 6 nitrogen and oxygen atoms in total. The third kappa shape index (κ3) is 3.64. The highest BCUT2D eigenvalue weighted by Gasteiger charge is 2.24. The monoisotopic (exact) mass is 326 g/mol. The summed E-state index contributed by atoms with van der Waals surface area (Å²) in [5.74, 6) is -0.153. The summed E-state index contributed by atoms with van der Waals surface area (Å²) in [5, 5.41) is 13.7. The maximum atomic E-state index is 12.5. The van der Waals surface area contributed by atoms with E-state index >= 15 is 0 Å². The summed E-state index contributed by atoms with van der Waals surface area (Å²) < 4.78 is 0. The molecular formula is C16H14N4O2S. The lowest BCUT2D eigenvalue weighted by Gasteiger charge is -2.18. The number of amides is 2. The number of aromatic amines is 1. The molecule has 0 fully saturated rings. The Morgan fingerprint density at radius 1 is 1.09 bits per heavy atom. The number of carbonyl (C=O) groups excluding carboxylic acids is 2. The second-order valence-corrected chi connectivity index (χ2v) is 5.70. The molecule has 0 saturated heterocycles. The number of rotatable bonds is 5. The minimum absolute atomic E-state index is 0.284. The van der Waals surface area contributed by atoms with Crippen molar-refractivity contribution in [3.63, 3.8) is 0 Å². The smallest absolute Gasteiger partial charge is 0.262 e. The Morgan fingerprint density at radius 3 is 2.57 bits per heavy atom. The standard InChI is InChI=1S/C16H14N4O2S/c21-15(12-7-4-10-23-12)19-14(11-5-2-1-3-6-11)16(22)18-13-8-9-17-20-13/h1-10,14H,(H,19,21)(H2,17,18,20,22). The summed E-state index contributed by atoms with van der Waals surface area (Å²) >= 11 is 1.33. The van der Waals surface area contributed by atoms with Gasteiger partial charge in [0.2, 0.25) is 0 Å². The fourth-order valence-corrected chi connectivity index (χ4v) is 2.71. The van der Waals surface area contributed by atoms with Gasteiger partial charge in [-0.3, -0.25) is 14.7 Å². The summed E-state index contributed by atoms with van der Waals surface area (Å²) in [6, 6.07) is 13.4. The first-order valence-electron chi connectivity index (χ1n) is 6.93. The number of nitrogens with zero attached hydrogens (tertiary/aromatic N) is 1. The van der Waals surface area contributed by atoms with Crippen molar-refractivity contribution in [3.8, 4) is 0 Å². The molecule has 3 N–H and O–H groups in total. The average Bonchev–Trinajstić information content (AvgIpc) is 3.26. The Kier molecular flexibility index (Phi) is 4.49. The summed E-state index contributed by atoms with van der Waals surface area (Å²) in [5.41, 5.74) is 0.703. The molecule has 0 radical (unpaired) electrons. The topological polar surface area (TPSA) is 86.9 Å². The minimum atomic E-state index is -0.797. The van der Waals surface area contributed by atoms with Crippen LogP contribution >= 0.6 is 11.3 Å². The highest BCUT2D eigenvalue weighted by Crippen LogP contribution is 2.17.